The van der Waals surface area contributed by atoms with Crippen LogP contribution in [-0.4, -0.2) is 41.1 Å². The van der Waals surface area contributed by atoms with E-state index in [-0.39, 0.29) is 0 Å². The van der Waals surface area contributed by atoms with E-state index in [0.29, 0.717) is 5.54 Å². The summed E-state index contributed by atoms with van der Waals surface area (Å²) in [6.07, 6.45) is 5.44. The molecule has 3 heteroatoms. The SMILES string of the molecule is CC1CN(C2(CN)CCCC(C(C)C)C2)CCS1. The second-order valence-corrected chi connectivity index (χ2v) is 8.20. The lowest BCUT2D eigenvalue weighted by Crippen LogP contribution is -2.59. The third kappa shape index (κ3) is 3.05. The first-order chi connectivity index (χ1) is 8.57. The highest BCUT2D eigenvalue weighted by molar-refractivity contribution is 7.99. The maximum absolute atomic E-state index is 6.23. The average Bonchev–Trinajstić information content (AvgIpc) is 2.38. The van der Waals surface area contributed by atoms with Crippen molar-refractivity contribution in [3.8, 4) is 0 Å². The van der Waals surface area contributed by atoms with Gasteiger partial charge in [0, 0.05) is 36.2 Å². The molecule has 2 N–H and O–H groups in total. The van der Waals surface area contributed by atoms with E-state index in [1.165, 1.54) is 44.5 Å². The first kappa shape index (κ1) is 14.7. The molecule has 0 aromatic rings. The molecule has 0 aromatic heterocycles. The van der Waals surface area contributed by atoms with Gasteiger partial charge in [-0.05, 0) is 24.7 Å². The Balaban J connectivity index is 2.08. The van der Waals surface area contributed by atoms with E-state index in [0.717, 1.165) is 23.6 Å². The minimum atomic E-state index is 0.322. The van der Waals surface area contributed by atoms with Crippen LogP contribution in [0.25, 0.3) is 0 Å². The average molecular weight is 270 g/mol. The summed E-state index contributed by atoms with van der Waals surface area (Å²) < 4.78 is 0. The number of rotatable bonds is 3. The van der Waals surface area contributed by atoms with Gasteiger partial charge in [0.2, 0.25) is 0 Å². The highest BCUT2D eigenvalue weighted by atomic mass is 32.2. The van der Waals surface area contributed by atoms with Crippen LogP contribution in [-0.2, 0) is 0 Å². The van der Waals surface area contributed by atoms with E-state index in [1.54, 1.807) is 0 Å². The van der Waals surface area contributed by atoms with Crippen LogP contribution in [0, 0.1) is 11.8 Å². The summed E-state index contributed by atoms with van der Waals surface area (Å²) in [6, 6.07) is 0. The Labute approximate surface area is 117 Å². The molecule has 1 saturated heterocycles. The van der Waals surface area contributed by atoms with Crippen molar-refractivity contribution in [3.05, 3.63) is 0 Å². The molecule has 2 nitrogen and oxygen atoms in total. The van der Waals surface area contributed by atoms with Gasteiger partial charge in [0.25, 0.3) is 0 Å². The first-order valence-electron chi connectivity index (χ1n) is 7.64. The van der Waals surface area contributed by atoms with E-state index >= 15 is 0 Å². The summed E-state index contributed by atoms with van der Waals surface area (Å²) in [5.41, 5.74) is 6.55. The Morgan fingerprint density at radius 3 is 2.83 bits per heavy atom. The van der Waals surface area contributed by atoms with Crippen LogP contribution in [0.15, 0.2) is 0 Å². The fourth-order valence-electron chi connectivity index (χ4n) is 3.81. The molecule has 2 rings (SSSR count). The zero-order valence-corrected chi connectivity index (χ0v) is 13.1. The lowest BCUT2D eigenvalue weighted by Gasteiger charge is -2.51. The van der Waals surface area contributed by atoms with Crippen LogP contribution in [0.1, 0.15) is 46.5 Å². The molecule has 0 aromatic carbocycles. The van der Waals surface area contributed by atoms with E-state index in [9.17, 15) is 0 Å². The topological polar surface area (TPSA) is 29.3 Å². The monoisotopic (exact) mass is 270 g/mol. The quantitative estimate of drug-likeness (QED) is 0.855. The Kier molecular flexibility index (Phi) is 5.01. The molecule has 0 radical (unpaired) electrons. The van der Waals surface area contributed by atoms with Crippen molar-refractivity contribution >= 4 is 11.8 Å². The number of hydrogen-bond donors (Lipinski definition) is 1. The Morgan fingerprint density at radius 2 is 2.22 bits per heavy atom. The van der Waals surface area contributed by atoms with E-state index < -0.39 is 0 Å². The first-order valence-corrected chi connectivity index (χ1v) is 8.69. The number of thioether (sulfide) groups is 1. The van der Waals surface area contributed by atoms with Gasteiger partial charge in [0.1, 0.15) is 0 Å². The summed E-state index contributed by atoms with van der Waals surface area (Å²) in [4.78, 5) is 2.74. The van der Waals surface area contributed by atoms with Crippen molar-refractivity contribution < 1.29 is 0 Å². The highest BCUT2D eigenvalue weighted by Crippen LogP contribution is 2.41. The molecule has 1 aliphatic heterocycles. The van der Waals surface area contributed by atoms with Crippen LogP contribution in [0.4, 0.5) is 0 Å². The molecule has 0 amide bonds. The number of hydrogen-bond acceptors (Lipinski definition) is 3. The minimum Gasteiger partial charge on any atom is -0.329 e. The van der Waals surface area contributed by atoms with Crippen LogP contribution in [0.3, 0.4) is 0 Å². The fraction of sp³-hybridized carbons (Fsp3) is 1.00. The van der Waals surface area contributed by atoms with Crippen molar-refractivity contribution in [2.24, 2.45) is 17.6 Å². The molecule has 1 heterocycles. The van der Waals surface area contributed by atoms with Crippen molar-refractivity contribution in [1.29, 1.82) is 0 Å². The van der Waals surface area contributed by atoms with Crippen LogP contribution in [0.5, 0.6) is 0 Å². The standard InChI is InChI=1S/C15H30N2S/c1-12(2)14-5-4-6-15(9-14,11-16)17-7-8-18-13(3)10-17/h12-14H,4-11,16H2,1-3H3. The van der Waals surface area contributed by atoms with Crippen molar-refractivity contribution in [1.82, 2.24) is 4.90 Å². The van der Waals surface area contributed by atoms with E-state index in [4.69, 9.17) is 5.73 Å². The van der Waals surface area contributed by atoms with Gasteiger partial charge in [-0.25, -0.2) is 0 Å². The van der Waals surface area contributed by atoms with Gasteiger partial charge in [-0.3, -0.25) is 4.90 Å². The van der Waals surface area contributed by atoms with Crippen LogP contribution < -0.4 is 5.73 Å². The summed E-state index contributed by atoms with van der Waals surface area (Å²) >= 11 is 2.12. The third-order valence-electron chi connectivity index (χ3n) is 5.09. The van der Waals surface area contributed by atoms with Gasteiger partial charge in [0.15, 0.2) is 0 Å². The molecule has 1 saturated carbocycles. The van der Waals surface area contributed by atoms with Crippen molar-refractivity contribution in [2.45, 2.75) is 57.2 Å². The lowest BCUT2D eigenvalue weighted by atomic mass is 9.70. The predicted octanol–water partition coefficient (Wildman–Crippen LogP) is 2.97. The number of nitrogens with zero attached hydrogens (tertiary/aromatic N) is 1. The summed E-state index contributed by atoms with van der Waals surface area (Å²) in [5, 5.41) is 0.779. The highest BCUT2D eigenvalue weighted by Gasteiger charge is 2.41. The zero-order valence-electron chi connectivity index (χ0n) is 12.3. The molecule has 0 spiro atoms. The molecule has 106 valence electrons. The maximum atomic E-state index is 6.23. The molecule has 2 fully saturated rings. The molecule has 2 aliphatic rings. The molecular formula is C15H30N2S. The van der Waals surface area contributed by atoms with Crippen molar-refractivity contribution in [2.75, 3.05) is 25.4 Å². The van der Waals surface area contributed by atoms with Gasteiger partial charge in [-0.1, -0.05) is 33.6 Å². The van der Waals surface area contributed by atoms with Crippen LogP contribution >= 0.6 is 11.8 Å². The lowest BCUT2D eigenvalue weighted by molar-refractivity contribution is 0.0286. The normalized spacial score (nSPS) is 39.2. The summed E-state index contributed by atoms with van der Waals surface area (Å²) in [6.45, 7) is 10.5. The molecule has 1 aliphatic carbocycles. The largest absolute Gasteiger partial charge is 0.329 e. The van der Waals surface area contributed by atoms with Gasteiger partial charge in [0.05, 0.1) is 0 Å². The zero-order chi connectivity index (χ0) is 13.2. The summed E-state index contributed by atoms with van der Waals surface area (Å²) in [7, 11) is 0. The Hall–Kier alpha value is 0.270. The fourth-order valence-corrected chi connectivity index (χ4v) is 4.82. The molecular weight excluding hydrogens is 240 g/mol. The van der Waals surface area contributed by atoms with E-state index in [2.05, 4.69) is 37.4 Å². The predicted molar refractivity (Wildman–Crippen MR) is 82.1 cm³/mol. The second kappa shape index (κ2) is 6.15. The van der Waals surface area contributed by atoms with E-state index in [1.807, 2.05) is 0 Å². The van der Waals surface area contributed by atoms with Gasteiger partial charge in [-0.2, -0.15) is 11.8 Å². The Morgan fingerprint density at radius 1 is 1.44 bits per heavy atom. The maximum Gasteiger partial charge on any atom is 0.0335 e. The Bertz CT molecular complexity index is 269. The van der Waals surface area contributed by atoms with Crippen LogP contribution in [0.2, 0.25) is 0 Å². The molecule has 0 bridgehead atoms. The molecule has 18 heavy (non-hydrogen) atoms. The minimum absolute atomic E-state index is 0.322. The molecule has 3 unspecified atom stereocenters. The smallest absolute Gasteiger partial charge is 0.0335 e. The van der Waals surface area contributed by atoms with Crippen molar-refractivity contribution in [3.63, 3.8) is 0 Å². The second-order valence-electron chi connectivity index (χ2n) is 6.66. The van der Waals surface area contributed by atoms with Gasteiger partial charge < -0.3 is 5.73 Å². The van der Waals surface area contributed by atoms with Gasteiger partial charge >= 0.3 is 0 Å². The number of nitrogens with two attached hydrogens (primary N) is 1. The van der Waals surface area contributed by atoms with Gasteiger partial charge in [-0.15, -0.1) is 0 Å². The third-order valence-corrected chi connectivity index (χ3v) is 6.23. The summed E-state index contributed by atoms with van der Waals surface area (Å²) in [5.74, 6) is 2.98. The molecule has 3 atom stereocenters.